The minimum atomic E-state index is -0.268. The predicted molar refractivity (Wildman–Crippen MR) is 96.7 cm³/mol. The van der Waals surface area contributed by atoms with Gasteiger partial charge < -0.3 is 10.2 Å². The molecule has 24 heavy (non-hydrogen) atoms. The van der Waals surface area contributed by atoms with Gasteiger partial charge in [-0.25, -0.2) is 0 Å². The van der Waals surface area contributed by atoms with Crippen LogP contribution in [-0.2, 0) is 11.3 Å². The number of carbonyl (C=O) groups excluding carboxylic acids is 2. The van der Waals surface area contributed by atoms with Crippen LogP contribution in [0.2, 0.25) is 0 Å². The summed E-state index contributed by atoms with van der Waals surface area (Å²) in [5.41, 5.74) is 1.54. The molecule has 1 aromatic rings. The molecule has 0 spiro atoms. The third-order valence-electron chi connectivity index (χ3n) is 4.16. The maximum atomic E-state index is 12.6. The van der Waals surface area contributed by atoms with Gasteiger partial charge in [0.15, 0.2) is 0 Å². The van der Waals surface area contributed by atoms with Gasteiger partial charge in [-0.05, 0) is 49.8 Å². The van der Waals surface area contributed by atoms with Gasteiger partial charge in [-0.1, -0.05) is 32.9 Å². The molecule has 1 aliphatic rings. The minimum Gasteiger partial charge on any atom is -0.347 e. The van der Waals surface area contributed by atoms with E-state index in [1.54, 1.807) is 0 Å². The van der Waals surface area contributed by atoms with Crippen molar-refractivity contribution in [2.75, 3.05) is 6.54 Å². The van der Waals surface area contributed by atoms with E-state index < -0.39 is 0 Å². The van der Waals surface area contributed by atoms with Gasteiger partial charge >= 0.3 is 0 Å². The topological polar surface area (TPSA) is 49.4 Å². The zero-order chi connectivity index (χ0) is 18.0. The Morgan fingerprint density at radius 1 is 1.21 bits per heavy atom. The Balaban J connectivity index is 2.04. The third-order valence-corrected chi connectivity index (χ3v) is 4.16. The zero-order valence-corrected chi connectivity index (χ0v) is 15.6. The summed E-state index contributed by atoms with van der Waals surface area (Å²) in [7, 11) is 0. The summed E-state index contributed by atoms with van der Waals surface area (Å²) < 4.78 is 0. The lowest BCUT2D eigenvalue weighted by Crippen LogP contribution is -2.45. The lowest BCUT2D eigenvalue weighted by Gasteiger charge is -2.33. The highest BCUT2D eigenvalue weighted by Crippen LogP contribution is 2.27. The molecule has 0 aliphatic carbocycles. The van der Waals surface area contributed by atoms with Gasteiger partial charge in [-0.15, -0.1) is 0 Å². The smallest absolute Gasteiger partial charge is 0.251 e. The van der Waals surface area contributed by atoms with E-state index in [1.807, 2.05) is 29.2 Å². The van der Waals surface area contributed by atoms with Crippen molar-refractivity contribution in [3.63, 3.8) is 0 Å². The van der Waals surface area contributed by atoms with Gasteiger partial charge in [0, 0.05) is 30.6 Å². The molecule has 1 N–H and O–H groups in total. The molecule has 1 aliphatic heterocycles. The van der Waals surface area contributed by atoms with Crippen molar-refractivity contribution in [1.29, 1.82) is 0 Å². The molecule has 1 fully saturated rings. The van der Waals surface area contributed by atoms with Crippen LogP contribution in [0.1, 0.15) is 69.8 Å². The van der Waals surface area contributed by atoms with E-state index in [-0.39, 0.29) is 22.8 Å². The average molecular weight is 330 g/mol. The SMILES string of the molecule is CC(C)(C)CC(C)(C)NC(=O)c1cccc(CN2CCCC2=O)c1. The molecule has 1 heterocycles. The van der Waals surface area contributed by atoms with Gasteiger partial charge in [-0.3, -0.25) is 9.59 Å². The van der Waals surface area contributed by atoms with E-state index in [0.717, 1.165) is 24.9 Å². The van der Waals surface area contributed by atoms with Crippen molar-refractivity contribution >= 4 is 11.8 Å². The first-order valence-corrected chi connectivity index (χ1v) is 8.75. The number of rotatable bonds is 5. The van der Waals surface area contributed by atoms with E-state index in [1.165, 1.54) is 0 Å². The zero-order valence-electron chi connectivity index (χ0n) is 15.6. The fourth-order valence-electron chi connectivity index (χ4n) is 3.65. The quantitative estimate of drug-likeness (QED) is 0.894. The average Bonchev–Trinajstić information content (AvgIpc) is 2.81. The second kappa shape index (κ2) is 6.96. The molecule has 0 saturated carbocycles. The van der Waals surface area contributed by atoms with E-state index in [9.17, 15) is 9.59 Å². The van der Waals surface area contributed by atoms with Crippen molar-refractivity contribution in [1.82, 2.24) is 10.2 Å². The van der Waals surface area contributed by atoms with Crippen LogP contribution in [-0.4, -0.2) is 28.8 Å². The van der Waals surface area contributed by atoms with Gasteiger partial charge in [0.2, 0.25) is 5.91 Å². The number of amides is 2. The van der Waals surface area contributed by atoms with Crippen LogP contribution in [0.4, 0.5) is 0 Å². The first-order valence-electron chi connectivity index (χ1n) is 8.75. The number of carbonyl (C=O) groups is 2. The Morgan fingerprint density at radius 2 is 1.92 bits per heavy atom. The Labute approximate surface area is 145 Å². The predicted octanol–water partition coefficient (Wildman–Crippen LogP) is 3.75. The summed E-state index contributed by atoms with van der Waals surface area (Å²) in [6.45, 7) is 12.0. The van der Waals surface area contributed by atoms with Crippen LogP contribution >= 0.6 is 0 Å². The van der Waals surface area contributed by atoms with Crippen LogP contribution in [0.25, 0.3) is 0 Å². The fraction of sp³-hybridized carbons (Fsp3) is 0.600. The molecule has 2 rings (SSSR count). The number of hydrogen-bond acceptors (Lipinski definition) is 2. The highest BCUT2D eigenvalue weighted by atomic mass is 16.2. The first kappa shape index (κ1) is 18.5. The Kier molecular flexibility index (Phi) is 5.36. The van der Waals surface area contributed by atoms with E-state index in [4.69, 9.17) is 0 Å². The van der Waals surface area contributed by atoms with E-state index in [0.29, 0.717) is 18.5 Å². The van der Waals surface area contributed by atoms with Crippen LogP contribution in [0, 0.1) is 5.41 Å². The molecule has 4 nitrogen and oxygen atoms in total. The van der Waals surface area contributed by atoms with Crippen molar-refractivity contribution in [2.45, 2.75) is 66.0 Å². The Morgan fingerprint density at radius 3 is 2.50 bits per heavy atom. The van der Waals surface area contributed by atoms with Gasteiger partial charge in [-0.2, -0.15) is 0 Å². The molecule has 132 valence electrons. The highest BCUT2D eigenvalue weighted by Gasteiger charge is 2.27. The van der Waals surface area contributed by atoms with Crippen molar-refractivity contribution in [2.24, 2.45) is 5.41 Å². The summed E-state index contributed by atoms with van der Waals surface area (Å²) in [4.78, 5) is 26.2. The molecule has 4 heteroatoms. The molecule has 1 saturated heterocycles. The summed E-state index contributed by atoms with van der Waals surface area (Å²) in [5, 5.41) is 3.14. The molecule has 2 amide bonds. The largest absolute Gasteiger partial charge is 0.347 e. The normalized spacial score (nSPS) is 15.7. The van der Waals surface area contributed by atoms with Gasteiger partial charge in [0.25, 0.3) is 5.91 Å². The third kappa shape index (κ3) is 5.36. The van der Waals surface area contributed by atoms with Crippen LogP contribution in [0.3, 0.4) is 0 Å². The van der Waals surface area contributed by atoms with Crippen LogP contribution in [0.5, 0.6) is 0 Å². The molecule has 0 aromatic heterocycles. The second-order valence-electron chi connectivity index (χ2n) is 8.69. The lowest BCUT2D eigenvalue weighted by atomic mass is 9.81. The summed E-state index contributed by atoms with van der Waals surface area (Å²) in [6.07, 6.45) is 2.47. The van der Waals surface area contributed by atoms with Crippen molar-refractivity contribution in [3.05, 3.63) is 35.4 Å². The number of likely N-dealkylation sites (tertiary alicyclic amines) is 1. The van der Waals surface area contributed by atoms with Crippen molar-refractivity contribution < 1.29 is 9.59 Å². The van der Waals surface area contributed by atoms with Crippen molar-refractivity contribution in [3.8, 4) is 0 Å². The maximum absolute atomic E-state index is 12.6. The minimum absolute atomic E-state index is 0.0566. The van der Waals surface area contributed by atoms with Crippen LogP contribution < -0.4 is 5.32 Å². The Bertz CT molecular complexity index is 614. The monoisotopic (exact) mass is 330 g/mol. The molecule has 0 atom stereocenters. The number of nitrogens with zero attached hydrogens (tertiary/aromatic N) is 1. The number of nitrogens with one attached hydrogen (secondary N) is 1. The summed E-state index contributed by atoms with van der Waals surface area (Å²) in [6, 6.07) is 7.59. The summed E-state index contributed by atoms with van der Waals surface area (Å²) >= 11 is 0. The molecular weight excluding hydrogens is 300 g/mol. The molecule has 0 radical (unpaired) electrons. The molecule has 1 aromatic carbocycles. The van der Waals surface area contributed by atoms with E-state index in [2.05, 4.69) is 39.9 Å². The second-order valence-corrected chi connectivity index (χ2v) is 8.69. The standard InChI is InChI=1S/C20H30N2O2/c1-19(2,3)14-20(4,5)21-18(24)16-9-6-8-15(12-16)13-22-11-7-10-17(22)23/h6,8-9,12H,7,10-11,13-14H2,1-5H3,(H,21,24). The molecule has 0 bridgehead atoms. The fourth-order valence-corrected chi connectivity index (χ4v) is 3.65. The van der Waals surface area contributed by atoms with Gasteiger partial charge in [0.05, 0.1) is 0 Å². The van der Waals surface area contributed by atoms with Crippen LogP contribution in [0.15, 0.2) is 24.3 Å². The maximum Gasteiger partial charge on any atom is 0.251 e. The van der Waals surface area contributed by atoms with Gasteiger partial charge in [0.1, 0.15) is 0 Å². The van der Waals surface area contributed by atoms with E-state index >= 15 is 0 Å². The summed E-state index contributed by atoms with van der Waals surface area (Å²) in [5.74, 6) is 0.148. The lowest BCUT2D eigenvalue weighted by molar-refractivity contribution is -0.128. The molecular formula is C20H30N2O2. The Hall–Kier alpha value is -1.84. The molecule has 0 unspecified atom stereocenters. The highest BCUT2D eigenvalue weighted by molar-refractivity contribution is 5.94. The number of hydrogen-bond donors (Lipinski definition) is 1. The number of benzene rings is 1. The first-order chi connectivity index (χ1) is 11.1.